The first kappa shape index (κ1) is 19.4. The number of carbonyl (C=O) groups excluding carboxylic acids is 1. The van der Waals surface area contributed by atoms with Crippen molar-refractivity contribution in [3.05, 3.63) is 34.3 Å². The molecule has 0 aliphatic carbocycles. The summed E-state index contributed by atoms with van der Waals surface area (Å²) in [6, 6.07) is 1.19. The summed E-state index contributed by atoms with van der Waals surface area (Å²) in [4.78, 5) is 15.3. The monoisotopic (exact) mass is 371 g/mol. The van der Waals surface area contributed by atoms with E-state index in [4.69, 9.17) is 20.9 Å². The number of halogens is 2. The Balaban J connectivity index is 2.35. The second-order valence-corrected chi connectivity index (χ2v) is 8.20. The smallest absolute Gasteiger partial charge is 0.400 e. The van der Waals surface area contributed by atoms with Crippen LogP contribution in [0.15, 0.2) is 17.7 Å². The van der Waals surface area contributed by atoms with E-state index in [0.29, 0.717) is 11.2 Å². The van der Waals surface area contributed by atoms with Crippen molar-refractivity contribution in [2.45, 2.75) is 45.8 Å². The first-order valence-electron chi connectivity index (χ1n) is 7.52. The lowest BCUT2D eigenvalue weighted by atomic mass is 9.78. The molecule has 1 fully saturated rings. The van der Waals surface area contributed by atoms with Gasteiger partial charge in [-0.3, -0.25) is 9.78 Å². The van der Waals surface area contributed by atoms with Gasteiger partial charge in [0.2, 0.25) is 0 Å². The van der Waals surface area contributed by atoms with Gasteiger partial charge in [0.25, 0.3) is 0 Å². The van der Waals surface area contributed by atoms with Crippen LogP contribution in [0.25, 0.3) is 6.08 Å². The van der Waals surface area contributed by atoms with Gasteiger partial charge in [-0.2, -0.15) is 0 Å². The normalized spacial score (nSPS) is 19.6. The van der Waals surface area contributed by atoms with E-state index in [1.54, 1.807) is 6.08 Å². The molecule has 0 unspecified atom stereocenters. The highest BCUT2D eigenvalue weighted by atomic mass is 35.5. The van der Waals surface area contributed by atoms with Crippen molar-refractivity contribution < 1.29 is 18.5 Å². The minimum atomic E-state index is -0.668. The van der Waals surface area contributed by atoms with Crippen LogP contribution in [0.3, 0.4) is 0 Å². The van der Waals surface area contributed by atoms with Gasteiger partial charge in [-0.15, -0.1) is 0 Å². The second kappa shape index (κ2) is 7.16. The quantitative estimate of drug-likeness (QED) is 0.743. The van der Waals surface area contributed by atoms with Crippen molar-refractivity contribution in [1.82, 2.24) is 4.98 Å². The van der Waals surface area contributed by atoms with Crippen LogP contribution in [0.4, 0.5) is 4.39 Å². The maximum atomic E-state index is 14.1. The number of thioether (sulfide) groups is 1. The summed E-state index contributed by atoms with van der Waals surface area (Å²) in [5.41, 5.74) is -0.274. The zero-order valence-electron chi connectivity index (χ0n) is 14.4. The van der Waals surface area contributed by atoms with E-state index in [1.807, 2.05) is 27.7 Å². The molecule has 0 radical (unpaired) electrons. The van der Waals surface area contributed by atoms with E-state index in [2.05, 4.69) is 4.98 Å². The van der Waals surface area contributed by atoms with Crippen LogP contribution in [0, 0.1) is 5.82 Å². The van der Waals surface area contributed by atoms with Crippen molar-refractivity contribution in [3.63, 3.8) is 0 Å². The molecule has 2 rings (SSSR count). The van der Waals surface area contributed by atoms with E-state index in [-0.39, 0.29) is 15.8 Å². The fourth-order valence-corrected chi connectivity index (χ4v) is 2.80. The predicted octanol–water partition coefficient (Wildman–Crippen LogP) is 4.17. The third kappa shape index (κ3) is 4.39. The van der Waals surface area contributed by atoms with Gasteiger partial charge in [-0.25, -0.2) is 4.39 Å². The first-order chi connectivity index (χ1) is 11.0. The number of pyridine rings is 1. The molecule has 0 atom stereocenters. The summed E-state index contributed by atoms with van der Waals surface area (Å²) in [5.74, 6) is -0.208. The van der Waals surface area contributed by atoms with E-state index < -0.39 is 24.1 Å². The van der Waals surface area contributed by atoms with E-state index in [0.717, 1.165) is 11.8 Å². The SMILES string of the molecule is CC(=O)SCC(=Cc1ncc(Cl)cc1F)B1OC(C)(C)C(C)(C)O1. The summed E-state index contributed by atoms with van der Waals surface area (Å²) in [5, 5.41) is 0.182. The minimum Gasteiger partial charge on any atom is -0.400 e. The Hall–Kier alpha value is -0.885. The van der Waals surface area contributed by atoms with Crippen molar-refractivity contribution in [2.24, 2.45) is 0 Å². The average molecular weight is 372 g/mol. The maximum Gasteiger partial charge on any atom is 0.491 e. The van der Waals surface area contributed by atoms with Gasteiger partial charge in [-0.05, 0) is 45.3 Å². The minimum absolute atomic E-state index is 0.0399. The number of hydrogen-bond donors (Lipinski definition) is 0. The molecular weight excluding hydrogens is 352 g/mol. The summed E-state index contributed by atoms with van der Waals surface area (Å²) in [6.45, 7) is 9.22. The highest BCUT2D eigenvalue weighted by Gasteiger charge is 2.52. The molecule has 8 heteroatoms. The van der Waals surface area contributed by atoms with Crippen LogP contribution < -0.4 is 0 Å². The summed E-state index contributed by atoms with van der Waals surface area (Å²) in [6.07, 6.45) is 2.93. The van der Waals surface area contributed by atoms with E-state index in [1.165, 1.54) is 19.2 Å². The number of nitrogens with zero attached hydrogens (tertiary/aromatic N) is 1. The van der Waals surface area contributed by atoms with E-state index in [9.17, 15) is 9.18 Å². The lowest BCUT2D eigenvalue weighted by molar-refractivity contribution is -0.109. The highest BCUT2D eigenvalue weighted by Crippen LogP contribution is 2.39. The molecule has 24 heavy (non-hydrogen) atoms. The van der Waals surface area contributed by atoms with Gasteiger partial charge in [0.05, 0.1) is 21.9 Å². The van der Waals surface area contributed by atoms with Crippen LogP contribution in [0.1, 0.15) is 40.3 Å². The number of hydrogen-bond acceptors (Lipinski definition) is 5. The molecule has 0 spiro atoms. The van der Waals surface area contributed by atoms with Crippen LogP contribution in [0.2, 0.25) is 5.02 Å². The Morgan fingerprint density at radius 3 is 2.46 bits per heavy atom. The molecule has 0 amide bonds. The van der Waals surface area contributed by atoms with Gasteiger partial charge in [0.1, 0.15) is 5.82 Å². The fourth-order valence-electron chi connectivity index (χ4n) is 2.06. The molecule has 1 aliphatic heterocycles. The van der Waals surface area contributed by atoms with Gasteiger partial charge in [0, 0.05) is 18.9 Å². The Morgan fingerprint density at radius 2 is 1.96 bits per heavy atom. The molecule has 0 saturated carbocycles. The van der Waals surface area contributed by atoms with E-state index >= 15 is 0 Å². The summed E-state index contributed by atoms with van der Waals surface area (Å²) >= 11 is 6.85. The third-order valence-corrected chi connectivity index (χ3v) is 5.25. The predicted molar refractivity (Wildman–Crippen MR) is 96.4 cm³/mol. The average Bonchev–Trinajstić information content (AvgIpc) is 2.65. The third-order valence-electron chi connectivity index (χ3n) is 4.16. The molecule has 1 aliphatic rings. The molecule has 0 bridgehead atoms. The second-order valence-electron chi connectivity index (χ2n) is 6.61. The number of carbonyl (C=O) groups is 1. The Labute approximate surface area is 151 Å². The molecule has 130 valence electrons. The zero-order chi connectivity index (χ0) is 18.1. The standard InChI is InChI=1S/C16H20BClFNO3S/c1-10(21)24-9-11(6-14-13(19)7-12(18)8-20-14)17-22-15(2,3)16(4,5)23-17/h6-8H,9H2,1-5H3. The van der Waals surface area contributed by atoms with Crippen LogP contribution in [-0.2, 0) is 14.1 Å². The van der Waals surface area contributed by atoms with Gasteiger partial charge >= 0.3 is 7.12 Å². The molecule has 1 aromatic heterocycles. The van der Waals surface area contributed by atoms with Crippen LogP contribution >= 0.6 is 23.4 Å². The molecule has 1 aromatic rings. The maximum absolute atomic E-state index is 14.1. The van der Waals surface area contributed by atoms with Crippen LogP contribution in [-0.4, -0.2) is 34.2 Å². The highest BCUT2D eigenvalue weighted by molar-refractivity contribution is 8.13. The topological polar surface area (TPSA) is 48.4 Å². The van der Waals surface area contributed by atoms with Gasteiger partial charge in [-0.1, -0.05) is 23.4 Å². The van der Waals surface area contributed by atoms with Gasteiger partial charge in [0.15, 0.2) is 5.12 Å². The Morgan fingerprint density at radius 1 is 1.38 bits per heavy atom. The summed E-state index contributed by atoms with van der Waals surface area (Å²) < 4.78 is 26.1. The van der Waals surface area contributed by atoms with Crippen LogP contribution in [0.5, 0.6) is 0 Å². The lowest BCUT2D eigenvalue weighted by Crippen LogP contribution is -2.41. The largest absolute Gasteiger partial charge is 0.491 e. The van der Waals surface area contributed by atoms with Gasteiger partial charge < -0.3 is 9.31 Å². The molecule has 4 nitrogen and oxygen atoms in total. The number of rotatable bonds is 4. The van der Waals surface area contributed by atoms with Crippen molar-refractivity contribution in [2.75, 3.05) is 5.75 Å². The van der Waals surface area contributed by atoms with Crippen molar-refractivity contribution >= 4 is 41.7 Å². The number of aromatic nitrogens is 1. The Kier molecular flexibility index (Phi) is 5.80. The summed E-state index contributed by atoms with van der Waals surface area (Å²) in [7, 11) is -0.668. The zero-order valence-corrected chi connectivity index (χ0v) is 15.9. The molecular formula is C16H20BClFNO3S. The van der Waals surface area contributed by atoms with Crippen molar-refractivity contribution in [1.29, 1.82) is 0 Å². The molecule has 0 aromatic carbocycles. The van der Waals surface area contributed by atoms with Crippen molar-refractivity contribution in [3.8, 4) is 0 Å². The molecule has 2 heterocycles. The first-order valence-corrected chi connectivity index (χ1v) is 8.89. The lowest BCUT2D eigenvalue weighted by Gasteiger charge is -2.32. The Bertz CT molecular complexity index is 665. The fraction of sp³-hybridized carbons (Fsp3) is 0.500. The molecule has 1 saturated heterocycles. The molecule has 0 N–H and O–H groups in total.